The second kappa shape index (κ2) is 9.42. The first-order chi connectivity index (χ1) is 14.2. The van der Waals surface area contributed by atoms with Gasteiger partial charge in [0.25, 0.3) is 0 Å². The van der Waals surface area contributed by atoms with Crippen molar-refractivity contribution in [3.8, 4) is 17.2 Å². The van der Waals surface area contributed by atoms with Crippen molar-refractivity contribution in [3.63, 3.8) is 0 Å². The summed E-state index contributed by atoms with van der Waals surface area (Å²) in [6.45, 7) is 19.5. The van der Waals surface area contributed by atoms with Crippen LogP contribution in [-0.4, -0.2) is 17.0 Å². The molecule has 0 radical (unpaired) electrons. The van der Waals surface area contributed by atoms with Gasteiger partial charge in [0.15, 0.2) is 5.78 Å². The number of allylic oxidation sites excluding steroid dienone is 2. The number of ether oxygens (including phenoxy) is 3. The van der Waals surface area contributed by atoms with Gasteiger partial charge in [-0.05, 0) is 103 Å². The van der Waals surface area contributed by atoms with Crippen LogP contribution in [0.3, 0.4) is 0 Å². The molecule has 166 valence electrons. The molecule has 0 aliphatic heterocycles. The number of benzene rings is 2. The summed E-state index contributed by atoms with van der Waals surface area (Å²) in [5.74, 6) is 2.59. The Morgan fingerprint density at radius 2 is 1.45 bits per heavy atom. The number of hydrogen-bond acceptors (Lipinski definition) is 4. The molecule has 0 saturated heterocycles. The maximum absolute atomic E-state index is 12.7. The molecule has 4 heteroatoms. The van der Waals surface area contributed by atoms with Gasteiger partial charge in [0, 0.05) is 17.2 Å². The molecule has 2 aromatic carbocycles. The molecule has 0 aliphatic carbocycles. The molecule has 0 atom stereocenters. The molecule has 31 heavy (non-hydrogen) atoms. The van der Waals surface area contributed by atoms with Crippen molar-refractivity contribution in [2.45, 2.75) is 66.6 Å². The number of carbonyl (C=O) groups is 1. The van der Waals surface area contributed by atoms with Gasteiger partial charge in [0.2, 0.25) is 0 Å². The predicted octanol–water partition coefficient (Wildman–Crippen LogP) is 7.16. The zero-order valence-electron chi connectivity index (χ0n) is 20.0. The fourth-order valence-corrected chi connectivity index (χ4v) is 2.83. The van der Waals surface area contributed by atoms with Crippen molar-refractivity contribution >= 4 is 11.9 Å². The molecular formula is C27H34O4. The lowest BCUT2D eigenvalue weighted by molar-refractivity contribution is 0.104. The average Bonchev–Trinajstić information content (AvgIpc) is 2.60. The SMILES string of the molecule is C=C(C)Oc1ccc(C(=O)C=Cc2cc(C)c(OC(C)(C)C)cc2OC(C)(C)C)cc1. The van der Waals surface area contributed by atoms with Crippen LogP contribution in [0.2, 0.25) is 0 Å². The largest absolute Gasteiger partial charge is 0.488 e. The number of carbonyl (C=O) groups excluding carboxylic acids is 1. The molecule has 0 heterocycles. The minimum atomic E-state index is -0.389. The van der Waals surface area contributed by atoms with Crippen molar-refractivity contribution in [2.24, 2.45) is 0 Å². The van der Waals surface area contributed by atoms with Gasteiger partial charge in [-0.15, -0.1) is 0 Å². The van der Waals surface area contributed by atoms with E-state index in [9.17, 15) is 4.79 Å². The summed E-state index contributed by atoms with van der Waals surface area (Å²) in [7, 11) is 0. The lowest BCUT2D eigenvalue weighted by Crippen LogP contribution is -2.25. The fraction of sp³-hybridized carbons (Fsp3) is 0.370. The van der Waals surface area contributed by atoms with Crippen LogP contribution in [0.5, 0.6) is 17.2 Å². The van der Waals surface area contributed by atoms with Gasteiger partial charge in [-0.25, -0.2) is 0 Å². The molecule has 0 spiro atoms. The molecule has 0 amide bonds. The number of rotatable bonds is 7. The maximum atomic E-state index is 12.7. The van der Waals surface area contributed by atoms with Gasteiger partial charge in [0.05, 0.1) is 5.76 Å². The Labute approximate surface area is 186 Å². The quantitative estimate of drug-likeness (QED) is 0.270. The summed E-state index contributed by atoms with van der Waals surface area (Å²) in [4.78, 5) is 12.7. The molecule has 0 aromatic heterocycles. The van der Waals surface area contributed by atoms with Gasteiger partial charge >= 0.3 is 0 Å². The van der Waals surface area contributed by atoms with Crippen LogP contribution in [0, 0.1) is 6.92 Å². The second-order valence-corrected chi connectivity index (χ2v) is 9.61. The highest BCUT2D eigenvalue weighted by molar-refractivity contribution is 6.07. The van der Waals surface area contributed by atoms with E-state index in [4.69, 9.17) is 14.2 Å². The summed E-state index contributed by atoms with van der Waals surface area (Å²) >= 11 is 0. The summed E-state index contributed by atoms with van der Waals surface area (Å²) in [5, 5.41) is 0. The van der Waals surface area contributed by atoms with Crippen LogP contribution in [0.4, 0.5) is 0 Å². The van der Waals surface area contributed by atoms with E-state index >= 15 is 0 Å². The monoisotopic (exact) mass is 422 g/mol. The molecule has 2 rings (SSSR count). The van der Waals surface area contributed by atoms with Crippen molar-refractivity contribution < 1.29 is 19.0 Å². The van der Waals surface area contributed by atoms with E-state index in [-0.39, 0.29) is 17.0 Å². The van der Waals surface area contributed by atoms with E-state index in [0.29, 0.717) is 22.8 Å². The molecule has 0 N–H and O–H groups in total. The zero-order valence-corrected chi connectivity index (χ0v) is 20.0. The van der Waals surface area contributed by atoms with Crippen LogP contribution in [0.15, 0.2) is 54.8 Å². The van der Waals surface area contributed by atoms with E-state index in [2.05, 4.69) is 6.58 Å². The Kier molecular flexibility index (Phi) is 7.37. The number of ketones is 1. The highest BCUT2D eigenvalue weighted by Gasteiger charge is 2.19. The fourth-order valence-electron chi connectivity index (χ4n) is 2.83. The number of aryl methyl sites for hydroxylation is 1. The molecular weight excluding hydrogens is 388 g/mol. The van der Waals surface area contributed by atoms with Crippen LogP contribution in [0.1, 0.15) is 70.0 Å². The van der Waals surface area contributed by atoms with E-state index in [1.165, 1.54) is 0 Å². The minimum absolute atomic E-state index is 0.101. The summed E-state index contributed by atoms with van der Waals surface area (Å²) in [6.07, 6.45) is 3.35. The summed E-state index contributed by atoms with van der Waals surface area (Å²) in [6, 6.07) is 10.9. The molecule has 0 aliphatic rings. The number of hydrogen-bond donors (Lipinski definition) is 0. The van der Waals surface area contributed by atoms with Gasteiger partial charge in [-0.3, -0.25) is 4.79 Å². The van der Waals surface area contributed by atoms with Gasteiger partial charge in [-0.2, -0.15) is 0 Å². The molecule has 0 fully saturated rings. The lowest BCUT2D eigenvalue weighted by atomic mass is 10.0. The van der Waals surface area contributed by atoms with Crippen LogP contribution >= 0.6 is 0 Å². The summed E-state index contributed by atoms with van der Waals surface area (Å²) in [5.41, 5.74) is 1.67. The highest BCUT2D eigenvalue weighted by atomic mass is 16.5. The third-order valence-electron chi connectivity index (χ3n) is 3.98. The molecule has 2 aromatic rings. The Hall–Kier alpha value is -3.01. The third kappa shape index (κ3) is 7.97. The molecule has 0 unspecified atom stereocenters. The van der Waals surface area contributed by atoms with Gasteiger partial charge < -0.3 is 14.2 Å². The normalized spacial score (nSPS) is 12.0. The first-order valence-corrected chi connectivity index (χ1v) is 10.4. The minimum Gasteiger partial charge on any atom is -0.488 e. The first kappa shape index (κ1) is 24.3. The smallest absolute Gasteiger partial charge is 0.185 e. The van der Waals surface area contributed by atoms with E-state index < -0.39 is 0 Å². The Balaban J connectivity index is 2.33. The zero-order chi connectivity index (χ0) is 23.4. The van der Waals surface area contributed by atoms with Crippen molar-refractivity contribution in [1.82, 2.24) is 0 Å². The third-order valence-corrected chi connectivity index (χ3v) is 3.98. The average molecular weight is 423 g/mol. The van der Waals surface area contributed by atoms with Crippen molar-refractivity contribution in [1.29, 1.82) is 0 Å². The van der Waals surface area contributed by atoms with Gasteiger partial charge in [-0.1, -0.05) is 6.58 Å². The Morgan fingerprint density at radius 3 is 1.97 bits per heavy atom. The Morgan fingerprint density at radius 1 is 0.903 bits per heavy atom. The van der Waals surface area contributed by atoms with Crippen LogP contribution in [-0.2, 0) is 0 Å². The lowest BCUT2D eigenvalue weighted by Gasteiger charge is -2.26. The van der Waals surface area contributed by atoms with Crippen molar-refractivity contribution in [3.05, 3.63) is 71.5 Å². The molecule has 0 saturated carbocycles. The standard InChI is InChI=1S/C27H34O4/c1-18(2)29-22-13-10-20(11-14-22)23(28)15-12-21-16-19(3)24(30-26(4,5)6)17-25(21)31-27(7,8)9/h10-17H,1H2,2-9H3. The maximum Gasteiger partial charge on any atom is 0.185 e. The Bertz CT molecular complexity index is 968. The second-order valence-electron chi connectivity index (χ2n) is 9.61. The van der Waals surface area contributed by atoms with Crippen LogP contribution < -0.4 is 14.2 Å². The molecule has 4 nitrogen and oxygen atoms in total. The summed E-state index contributed by atoms with van der Waals surface area (Å²) < 4.78 is 17.7. The van der Waals surface area contributed by atoms with Crippen molar-refractivity contribution in [2.75, 3.05) is 0 Å². The van der Waals surface area contributed by atoms with Gasteiger partial charge in [0.1, 0.15) is 28.5 Å². The highest BCUT2D eigenvalue weighted by Crippen LogP contribution is 2.34. The first-order valence-electron chi connectivity index (χ1n) is 10.4. The topological polar surface area (TPSA) is 44.8 Å². The predicted molar refractivity (Wildman–Crippen MR) is 127 cm³/mol. The molecule has 0 bridgehead atoms. The van der Waals surface area contributed by atoms with E-state index in [1.807, 2.05) is 60.6 Å². The van der Waals surface area contributed by atoms with E-state index in [0.717, 1.165) is 16.9 Å². The van der Waals surface area contributed by atoms with Crippen LogP contribution in [0.25, 0.3) is 6.08 Å². The van der Waals surface area contributed by atoms with E-state index in [1.54, 1.807) is 43.3 Å².